The van der Waals surface area contributed by atoms with Gasteiger partial charge in [-0.05, 0) is 5.56 Å². The third-order valence-electron chi connectivity index (χ3n) is 4.13. The lowest BCUT2D eigenvalue weighted by Crippen LogP contribution is -2.48. The minimum absolute atomic E-state index is 0.0544. The number of esters is 1. The van der Waals surface area contributed by atoms with Gasteiger partial charge in [-0.15, -0.1) is 0 Å². The second kappa shape index (κ2) is 8.90. The van der Waals surface area contributed by atoms with E-state index in [-0.39, 0.29) is 12.3 Å². The molecule has 6 nitrogen and oxygen atoms in total. The zero-order chi connectivity index (χ0) is 20.9. The molecule has 0 aliphatic carbocycles. The molecule has 2 rings (SSSR count). The van der Waals surface area contributed by atoms with Gasteiger partial charge in [0.2, 0.25) is 0 Å². The van der Waals surface area contributed by atoms with Crippen LogP contribution in [0.4, 0.5) is 13.2 Å². The number of carbonyl (C=O) groups is 2. The molecule has 28 heavy (non-hydrogen) atoms. The molecule has 0 saturated heterocycles. The molecule has 0 unspecified atom stereocenters. The number of methoxy groups -OCH3 is 1. The van der Waals surface area contributed by atoms with Gasteiger partial charge in [-0.1, -0.05) is 44.2 Å². The van der Waals surface area contributed by atoms with Crippen molar-refractivity contribution in [1.82, 2.24) is 14.9 Å². The second-order valence-electron chi connectivity index (χ2n) is 6.59. The smallest absolute Gasteiger partial charge is 0.467 e. The van der Waals surface area contributed by atoms with E-state index in [1.54, 1.807) is 5.32 Å². The maximum absolute atomic E-state index is 12.6. The Balaban J connectivity index is 2.33. The average molecular weight is 397 g/mol. The van der Waals surface area contributed by atoms with Crippen LogP contribution in [0.5, 0.6) is 0 Å². The summed E-state index contributed by atoms with van der Waals surface area (Å²) in [6, 6.07) is 7.98. The lowest BCUT2D eigenvalue weighted by Gasteiger charge is -2.19. The van der Waals surface area contributed by atoms with Crippen molar-refractivity contribution in [3.05, 3.63) is 53.6 Å². The quantitative estimate of drug-likeness (QED) is 0.730. The van der Waals surface area contributed by atoms with Crippen molar-refractivity contribution in [2.45, 2.75) is 44.9 Å². The Bertz CT molecular complexity index is 817. The van der Waals surface area contributed by atoms with Gasteiger partial charge in [0.25, 0.3) is 0 Å². The minimum Gasteiger partial charge on any atom is -0.467 e. The van der Waals surface area contributed by atoms with E-state index >= 15 is 0 Å². The summed E-state index contributed by atoms with van der Waals surface area (Å²) < 4.78 is 44.2. The number of halogens is 3. The van der Waals surface area contributed by atoms with Gasteiger partial charge >= 0.3 is 18.1 Å². The molecule has 1 amide bonds. The van der Waals surface area contributed by atoms with E-state index in [1.807, 2.05) is 48.7 Å². The summed E-state index contributed by atoms with van der Waals surface area (Å²) in [5.74, 6) is -2.37. The molecule has 1 atom stereocenters. The zero-order valence-electron chi connectivity index (χ0n) is 15.8. The predicted molar refractivity (Wildman–Crippen MR) is 95.6 cm³/mol. The van der Waals surface area contributed by atoms with E-state index < -0.39 is 24.1 Å². The number of hydrogen-bond donors (Lipinski definition) is 1. The molecule has 0 saturated carbocycles. The molecule has 1 N–H and O–H groups in total. The lowest BCUT2D eigenvalue weighted by molar-refractivity contribution is -0.175. The highest BCUT2D eigenvalue weighted by molar-refractivity contribution is 5.87. The predicted octanol–water partition coefficient (Wildman–Crippen LogP) is 2.82. The molecule has 1 aromatic carbocycles. The van der Waals surface area contributed by atoms with Crippen molar-refractivity contribution in [2.24, 2.45) is 0 Å². The number of benzene rings is 1. The first kappa shape index (κ1) is 21.5. The SMILES string of the molecule is COC(=O)[C@H](Cc1cnc(C(C)C)n1Cc1ccccc1)NC(=O)C(F)(F)F. The summed E-state index contributed by atoms with van der Waals surface area (Å²) in [4.78, 5) is 27.6. The van der Waals surface area contributed by atoms with E-state index in [9.17, 15) is 22.8 Å². The fourth-order valence-corrected chi connectivity index (χ4v) is 2.78. The number of hydrogen-bond acceptors (Lipinski definition) is 4. The summed E-state index contributed by atoms with van der Waals surface area (Å²) in [5, 5.41) is 1.71. The van der Waals surface area contributed by atoms with Gasteiger partial charge in [0.05, 0.1) is 7.11 Å². The van der Waals surface area contributed by atoms with Gasteiger partial charge in [0.1, 0.15) is 11.9 Å². The Morgan fingerprint density at radius 1 is 1.21 bits per heavy atom. The van der Waals surface area contributed by atoms with E-state index in [0.29, 0.717) is 12.2 Å². The first-order valence-electron chi connectivity index (χ1n) is 8.67. The van der Waals surface area contributed by atoms with E-state index in [2.05, 4.69) is 9.72 Å². The Kier molecular flexibility index (Phi) is 6.82. The third kappa shape index (κ3) is 5.34. The number of imidazole rings is 1. The standard InChI is InChI=1S/C19H22F3N3O3/c1-12(2)16-23-10-14(25(16)11-13-7-5-4-6-8-13)9-15(17(26)28-3)24-18(27)19(20,21)22/h4-8,10,12,15H,9,11H2,1-3H3,(H,24,27)/t15-/m0/s1. The number of rotatable bonds is 7. The molecular formula is C19H22F3N3O3. The summed E-state index contributed by atoms with van der Waals surface area (Å²) >= 11 is 0. The highest BCUT2D eigenvalue weighted by Crippen LogP contribution is 2.20. The Morgan fingerprint density at radius 3 is 2.39 bits per heavy atom. The molecule has 1 heterocycles. The van der Waals surface area contributed by atoms with Gasteiger partial charge in [-0.3, -0.25) is 4.79 Å². The van der Waals surface area contributed by atoms with Crippen LogP contribution in [0.1, 0.15) is 36.8 Å². The first-order chi connectivity index (χ1) is 13.1. The van der Waals surface area contributed by atoms with Crippen LogP contribution >= 0.6 is 0 Å². The van der Waals surface area contributed by atoms with Crippen molar-refractivity contribution < 1.29 is 27.5 Å². The summed E-state index contributed by atoms with van der Waals surface area (Å²) in [7, 11) is 1.05. The fraction of sp³-hybridized carbons (Fsp3) is 0.421. The van der Waals surface area contributed by atoms with Crippen LogP contribution in [-0.2, 0) is 27.3 Å². The van der Waals surface area contributed by atoms with Crippen LogP contribution in [-0.4, -0.2) is 40.8 Å². The molecule has 2 aromatic rings. The highest BCUT2D eigenvalue weighted by Gasteiger charge is 2.41. The van der Waals surface area contributed by atoms with Crippen molar-refractivity contribution in [2.75, 3.05) is 7.11 Å². The van der Waals surface area contributed by atoms with Gasteiger partial charge in [-0.25, -0.2) is 9.78 Å². The van der Waals surface area contributed by atoms with Crippen molar-refractivity contribution in [3.63, 3.8) is 0 Å². The number of carbonyl (C=O) groups excluding carboxylic acids is 2. The van der Waals surface area contributed by atoms with Crippen molar-refractivity contribution in [1.29, 1.82) is 0 Å². The van der Waals surface area contributed by atoms with Gasteiger partial charge in [-0.2, -0.15) is 13.2 Å². The van der Waals surface area contributed by atoms with Crippen LogP contribution in [0.25, 0.3) is 0 Å². The van der Waals surface area contributed by atoms with Crippen LogP contribution in [0, 0.1) is 0 Å². The molecule has 0 radical (unpaired) electrons. The van der Waals surface area contributed by atoms with Crippen LogP contribution in [0.2, 0.25) is 0 Å². The van der Waals surface area contributed by atoms with Crippen molar-refractivity contribution in [3.8, 4) is 0 Å². The normalized spacial score (nSPS) is 12.7. The number of ether oxygens (including phenoxy) is 1. The summed E-state index contributed by atoms with van der Waals surface area (Å²) in [6.45, 7) is 4.32. The van der Waals surface area contributed by atoms with Gasteiger partial charge < -0.3 is 14.6 Å². The molecule has 0 aliphatic heterocycles. The first-order valence-corrected chi connectivity index (χ1v) is 8.67. The van der Waals surface area contributed by atoms with Crippen molar-refractivity contribution >= 4 is 11.9 Å². The Labute approximate surface area is 160 Å². The molecule has 0 bridgehead atoms. The average Bonchev–Trinajstić information content (AvgIpc) is 3.03. The Morgan fingerprint density at radius 2 is 1.86 bits per heavy atom. The maximum Gasteiger partial charge on any atom is 0.471 e. The van der Waals surface area contributed by atoms with E-state index in [4.69, 9.17) is 0 Å². The number of nitrogens with one attached hydrogen (secondary N) is 1. The molecule has 1 aromatic heterocycles. The molecule has 0 spiro atoms. The minimum atomic E-state index is -5.10. The van der Waals surface area contributed by atoms with Crippen LogP contribution in [0.3, 0.4) is 0 Å². The number of aromatic nitrogens is 2. The van der Waals surface area contributed by atoms with E-state index in [1.165, 1.54) is 6.20 Å². The maximum atomic E-state index is 12.6. The summed E-state index contributed by atoms with van der Waals surface area (Å²) in [5.41, 5.74) is 1.49. The van der Waals surface area contributed by atoms with Crippen LogP contribution < -0.4 is 5.32 Å². The molecular weight excluding hydrogens is 375 g/mol. The fourth-order valence-electron chi connectivity index (χ4n) is 2.78. The number of amides is 1. The third-order valence-corrected chi connectivity index (χ3v) is 4.13. The van der Waals surface area contributed by atoms with Crippen LogP contribution in [0.15, 0.2) is 36.5 Å². The molecule has 0 fully saturated rings. The second-order valence-corrected chi connectivity index (χ2v) is 6.59. The monoisotopic (exact) mass is 397 g/mol. The summed E-state index contributed by atoms with van der Waals surface area (Å²) in [6.07, 6.45) is -3.77. The topological polar surface area (TPSA) is 73.2 Å². The molecule has 152 valence electrons. The number of nitrogens with zero attached hydrogens (tertiary/aromatic N) is 2. The highest BCUT2D eigenvalue weighted by atomic mass is 19.4. The largest absolute Gasteiger partial charge is 0.471 e. The zero-order valence-corrected chi connectivity index (χ0v) is 15.8. The number of alkyl halides is 3. The molecule has 0 aliphatic rings. The lowest BCUT2D eigenvalue weighted by atomic mass is 10.1. The van der Waals surface area contributed by atoms with Gasteiger partial charge in [0, 0.05) is 30.8 Å². The molecule has 9 heteroatoms. The Hall–Kier alpha value is -2.84. The van der Waals surface area contributed by atoms with E-state index in [0.717, 1.165) is 18.5 Å². The van der Waals surface area contributed by atoms with Gasteiger partial charge in [0.15, 0.2) is 0 Å².